The number of nitrogens with one attached hydrogen (secondary N) is 1. The Bertz CT molecular complexity index is 349. The van der Waals surface area contributed by atoms with E-state index in [-0.39, 0.29) is 12.6 Å². The molecular formula is C10H17N3O3. The fraction of sp³-hybridized carbons (Fsp3) is 0.600. The highest BCUT2D eigenvalue weighted by Gasteiger charge is 2.19. The third-order valence-electron chi connectivity index (χ3n) is 2.05. The molecule has 1 aromatic heterocycles. The van der Waals surface area contributed by atoms with Crippen LogP contribution >= 0.6 is 0 Å². The molecule has 1 aromatic rings. The summed E-state index contributed by atoms with van der Waals surface area (Å²) in [5.41, 5.74) is 0. The Morgan fingerprint density at radius 3 is 2.81 bits per heavy atom. The molecule has 6 nitrogen and oxygen atoms in total. The summed E-state index contributed by atoms with van der Waals surface area (Å²) in [5, 5.41) is 16.0. The summed E-state index contributed by atoms with van der Waals surface area (Å²) < 4.78 is 6.52. The van der Waals surface area contributed by atoms with Gasteiger partial charge in [-0.1, -0.05) is 13.8 Å². The number of rotatable bonds is 6. The van der Waals surface area contributed by atoms with Crippen molar-refractivity contribution in [3.8, 4) is 5.75 Å². The highest BCUT2D eigenvalue weighted by atomic mass is 16.5. The lowest BCUT2D eigenvalue weighted by Gasteiger charge is -2.16. The van der Waals surface area contributed by atoms with Gasteiger partial charge in [0.2, 0.25) is 0 Å². The number of carbonyl (C=O) groups is 1. The van der Waals surface area contributed by atoms with Crippen molar-refractivity contribution in [1.82, 2.24) is 15.1 Å². The molecule has 1 atom stereocenters. The summed E-state index contributed by atoms with van der Waals surface area (Å²) in [4.78, 5) is 11.0. The molecule has 1 rings (SSSR count). The number of carboxylic acids is 1. The van der Waals surface area contributed by atoms with Gasteiger partial charge in [0.25, 0.3) is 0 Å². The second-order valence-electron chi connectivity index (χ2n) is 3.81. The molecule has 0 aliphatic rings. The van der Waals surface area contributed by atoms with Crippen LogP contribution in [0, 0.1) is 0 Å². The summed E-state index contributed by atoms with van der Waals surface area (Å²) in [6.45, 7) is 4.08. The number of aromatic nitrogens is 2. The molecule has 0 amide bonds. The van der Waals surface area contributed by atoms with E-state index in [1.807, 2.05) is 13.8 Å². The molecule has 0 saturated carbocycles. The van der Waals surface area contributed by atoms with Crippen molar-refractivity contribution in [3.63, 3.8) is 0 Å². The predicted molar refractivity (Wildman–Crippen MR) is 58.5 cm³/mol. The molecule has 1 heterocycles. The molecule has 90 valence electrons. The van der Waals surface area contributed by atoms with Gasteiger partial charge >= 0.3 is 5.97 Å². The maximum atomic E-state index is 11.0. The molecule has 0 aliphatic carbocycles. The lowest BCUT2D eigenvalue weighted by atomic mass is 10.2. The minimum Gasteiger partial charge on any atom is -0.493 e. The number of hydrogen-bond acceptors (Lipinski definition) is 4. The normalized spacial score (nSPS) is 12.8. The maximum absolute atomic E-state index is 11.0. The van der Waals surface area contributed by atoms with E-state index < -0.39 is 12.0 Å². The third kappa shape index (κ3) is 3.54. The van der Waals surface area contributed by atoms with Crippen molar-refractivity contribution in [2.45, 2.75) is 32.5 Å². The molecule has 0 bridgehead atoms. The summed E-state index contributed by atoms with van der Waals surface area (Å²) >= 11 is 0. The lowest BCUT2D eigenvalue weighted by Crippen LogP contribution is -2.43. The molecular weight excluding hydrogens is 210 g/mol. The first-order valence-corrected chi connectivity index (χ1v) is 5.08. The Morgan fingerprint density at radius 1 is 1.69 bits per heavy atom. The van der Waals surface area contributed by atoms with Crippen molar-refractivity contribution in [3.05, 3.63) is 12.4 Å². The average Bonchev–Trinajstić information content (AvgIpc) is 2.63. The molecule has 0 radical (unpaired) electrons. The van der Waals surface area contributed by atoms with E-state index in [0.717, 1.165) is 0 Å². The minimum absolute atomic E-state index is 0.110. The number of aliphatic carboxylic acids is 1. The van der Waals surface area contributed by atoms with E-state index in [2.05, 4.69) is 10.4 Å². The van der Waals surface area contributed by atoms with E-state index in [9.17, 15) is 4.79 Å². The summed E-state index contributed by atoms with van der Waals surface area (Å²) in [6.07, 6.45) is 3.21. The van der Waals surface area contributed by atoms with Gasteiger partial charge in [-0.05, 0) is 0 Å². The molecule has 0 saturated heterocycles. The smallest absolute Gasteiger partial charge is 0.322 e. The predicted octanol–water partition coefficient (Wildman–Crippen LogP) is 0.343. The lowest BCUT2D eigenvalue weighted by molar-refractivity contribution is -0.140. The van der Waals surface area contributed by atoms with E-state index >= 15 is 0 Å². The Balaban J connectivity index is 2.64. The minimum atomic E-state index is -0.886. The van der Waals surface area contributed by atoms with Crippen molar-refractivity contribution in [1.29, 1.82) is 0 Å². The van der Waals surface area contributed by atoms with Gasteiger partial charge in [0.15, 0.2) is 5.75 Å². The van der Waals surface area contributed by atoms with Crippen molar-refractivity contribution in [2.75, 3.05) is 7.11 Å². The molecule has 0 fully saturated rings. The molecule has 0 aliphatic heterocycles. The van der Waals surface area contributed by atoms with Crippen LogP contribution in [0.25, 0.3) is 0 Å². The third-order valence-corrected chi connectivity index (χ3v) is 2.05. The number of methoxy groups -OCH3 is 1. The molecule has 6 heteroatoms. The number of nitrogens with zero attached hydrogens (tertiary/aromatic N) is 2. The number of ether oxygens (including phenoxy) is 1. The van der Waals surface area contributed by atoms with Gasteiger partial charge in [-0.15, -0.1) is 0 Å². The Kier molecular flexibility index (Phi) is 4.30. The fourth-order valence-corrected chi connectivity index (χ4v) is 1.34. The first-order valence-electron chi connectivity index (χ1n) is 5.08. The fourth-order valence-electron chi connectivity index (χ4n) is 1.34. The van der Waals surface area contributed by atoms with Crippen molar-refractivity contribution in [2.24, 2.45) is 0 Å². The molecule has 0 aromatic carbocycles. The van der Waals surface area contributed by atoms with Crippen molar-refractivity contribution < 1.29 is 14.6 Å². The van der Waals surface area contributed by atoms with Gasteiger partial charge in [-0.2, -0.15) is 5.10 Å². The van der Waals surface area contributed by atoms with E-state index in [1.165, 1.54) is 0 Å². The van der Waals surface area contributed by atoms with E-state index in [1.54, 1.807) is 24.2 Å². The van der Waals surface area contributed by atoms with Crippen LogP contribution in [-0.4, -0.2) is 40.0 Å². The van der Waals surface area contributed by atoms with Crippen molar-refractivity contribution >= 4 is 5.97 Å². The van der Waals surface area contributed by atoms with E-state index in [0.29, 0.717) is 5.75 Å². The highest BCUT2D eigenvalue weighted by Crippen LogP contribution is 2.07. The van der Waals surface area contributed by atoms with Crippen LogP contribution in [0.5, 0.6) is 5.75 Å². The van der Waals surface area contributed by atoms with Crippen LogP contribution in [0.15, 0.2) is 12.4 Å². The number of carboxylic acid groups (broad SMARTS) is 1. The van der Waals surface area contributed by atoms with Gasteiger partial charge < -0.3 is 15.2 Å². The Labute approximate surface area is 94.2 Å². The van der Waals surface area contributed by atoms with E-state index in [4.69, 9.17) is 9.84 Å². The summed E-state index contributed by atoms with van der Waals surface area (Å²) in [5.74, 6) is -0.267. The van der Waals surface area contributed by atoms with Crippen LogP contribution in [-0.2, 0) is 11.3 Å². The van der Waals surface area contributed by atoms with Gasteiger partial charge in [0.1, 0.15) is 6.04 Å². The quantitative estimate of drug-likeness (QED) is 0.733. The topological polar surface area (TPSA) is 76.4 Å². The first kappa shape index (κ1) is 12.5. The second-order valence-corrected chi connectivity index (χ2v) is 3.81. The monoisotopic (exact) mass is 227 g/mol. The SMILES string of the molecule is COc1cnn(CC(NC(C)C)C(=O)O)c1. The van der Waals surface area contributed by atoms with Gasteiger partial charge in [-0.3, -0.25) is 9.48 Å². The largest absolute Gasteiger partial charge is 0.493 e. The molecule has 16 heavy (non-hydrogen) atoms. The van der Waals surface area contributed by atoms with Crippen LogP contribution in [0.4, 0.5) is 0 Å². The maximum Gasteiger partial charge on any atom is 0.322 e. The Hall–Kier alpha value is -1.56. The second kappa shape index (κ2) is 5.50. The van der Waals surface area contributed by atoms with Crippen LogP contribution in [0.1, 0.15) is 13.8 Å². The highest BCUT2D eigenvalue weighted by molar-refractivity contribution is 5.73. The summed E-state index contributed by atoms with van der Waals surface area (Å²) in [7, 11) is 1.54. The first-order chi connectivity index (χ1) is 7.52. The van der Waals surface area contributed by atoms with Gasteiger partial charge in [0, 0.05) is 6.04 Å². The van der Waals surface area contributed by atoms with Crippen LogP contribution in [0.2, 0.25) is 0 Å². The van der Waals surface area contributed by atoms with Crippen LogP contribution in [0.3, 0.4) is 0 Å². The molecule has 1 unspecified atom stereocenters. The zero-order valence-electron chi connectivity index (χ0n) is 9.67. The molecule has 0 spiro atoms. The molecule has 2 N–H and O–H groups in total. The van der Waals surface area contributed by atoms with Gasteiger partial charge in [-0.25, -0.2) is 0 Å². The van der Waals surface area contributed by atoms with Crippen LogP contribution < -0.4 is 10.1 Å². The zero-order chi connectivity index (χ0) is 12.1. The zero-order valence-corrected chi connectivity index (χ0v) is 9.67. The Morgan fingerprint density at radius 2 is 2.38 bits per heavy atom. The number of hydrogen-bond donors (Lipinski definition) is 2. The summed E-state index contributed by atoms with van der Waals surface area (Å²) in [6, 6.07) is -0.539. The average molecular weight is 227 g/mol. The standard InChI is InChI=1S/C10H17N3O3/c1-7(2)12-9(10(14)15)6-13-5-8(16-3)4-11-13/h4-5,7,9,12H,6H2,1-3H3,(H,14,15). The van der Waals surface area contributed by atoms with Gasteiger partial charge in [0.05, 0.1) is 26.0 Å².